The van der Waals surface area contributed by atoms with Gasteiger partial charge < -0.3 is 14.4 Å². The van der Waals surface area contributed by atoms with Gasteiger partial charge in [-0.25, -0.2) is 0 Å². The van der Waals surface area contributed by atoms with Crippen molar-refractivity contribution in [3.63, 3.8) is 0 Å². The molecule has 72 heavy (non-hydrogen) atoms. The van der Waals surface area contributed by atoms with Crippen molar-refractivity contribution in [1.29, 1.82) is 0 Å². The van der Waals surface area contributed by atoms with Crippen molar-refractivity contribution in [2.24, 2.45) is 0 Å². The fourth-order valence-corrected chi connectivity index (χ4v) is 12.5. The number of nitrogens with zero attached hydrogens (tertiary/aromatic N) is 2. The maximum absolute atomic E-state index is 9.22. The van der Waals surface area contributed by atoms with Gasteiger partial charge in [-0.2, -0.15) is 0 Å². The van der Waals surface area contributed by atoms with E-state index in [1.54, 1.807) is 18.2 Å². The molecule has 4 nitrogen and oxygen atoms in total. The predicted molar refractivity (Wildman–Crippen MR) is 294 cm³/mol. The van der Waals surface area contributed by atoms with Crippen LogP contribution >= 0.6 is 0 Å². The summed E-state index contributed by atoms with van der Waals surface area (Å²) in [5.41, 5.74) is 15.5. The summed E-state index contributed by atoms with van der Waals surface area (Å²) >= 11 is 0. The first-order valence-corrected chi connectivity index (χ1v) is 24.7. The molecule has 0 radical (unpaired) electrons. The maximum Gasteiger partial charge on any atom is 0.140 e. The van der Waals surface area contributed by atoms with Crippen LogP contribution < -0.4 is 14.4 Å². The highest BCUT2D eigenvalue weighted by molar-refractivity contribution is 6.03. The summed E-state index contributed by atoms with van der Waals surface area (Å²) in [6.07, 6.45) is 1.82. The molecule has 0 saturated heterocycles. The number of rotatable bonds is 2. The first-order valence-electron chi connectivity index (χ1n) is 27.7. The van der Waals surface area contributed by atoms with Crippen LogP contribution in [0.3, 0.4) is 0 Å². The summed E-state index contributed by atoms with van der Waals surface area (Å²) in [7, 11) is 0. The van der Waals surface area contributed by atoms with E-state index in [0.29, 0.717) is 45.3 Å². The van der Waals surface area contributed by atoms with Crippen LogP contribution in [-0.4, -0.2) is 4.98 Å². The van der Waals surface area contributed by atoms with Crippen molar-refractivity contribution < 1.29 is 17.7 Å². The number of aromatic nitrogens is 1. The van der Waals surface area contributed by atoms with Gasteiger partial charge in [-0.3, -0.25) is 4.98 Å². The number of anilines is 3. The molecular formula is C68H52N2O2. The minimum Gasteiger partial charge on any atom is -0.457 e. The minimum atomic E-state index is -2.61. The molecule has 14 rings (SSSR count). The van der Waals surface area contributed by atoms with E-state index in [1.165, 1.54) is 11.1 Å². The molecule has 4 heterocycles. The van der Waals surface area contributed by atoms with Gasteiger partial charge in [0.1, 0.15) is 23.0 Å². The normalized spacial score (nSPS) is 18.2. The van der Waals surface area contributed by atoms with Gasteiger partial charge in [0.2, 0.25) is 0 Å². The fraction of sp³-hybridized carbons (Fsp3) is 0.132. The Morgan fingerprint density at radius 1 is 0.431 bits per heavy atom. The van der Waals surface area contributed by atoms with Crippen molar-refractivity contribution in [2.45, 2.75) is 57.6 Å². The molecule has 0 saturated carbocycles. The number of aryl methyl sites for hydroxylation is 2. The van der Waals surface area contributed by atoms with E-state index >= 15 is 0 Å². The highest BCUT2D eigenvalue weighted by Crippen LogP contribution is 2.64. The lowest BCUT2D eigenvalue weighted by Crippen LogP contribution is -2.39. The molecule has 1 atom stereocenters. The summed E-state index contributed by atoms with van der Waals surface area (Å²) in [6, 6.07) is 67.2. The molecule has 9 aromatic carbocycles. The maximum atomic E-state index is 9.22. The summed E-state index contributed by atoms with van der Waals surface area (Å²) in [5, 5.41) is 0. The van der Waals surface area contributed by atoms with Crippen LogP contribution in [0.25, 0.3) is 55.8 Å². The third-order valence-electron chi connectivity index (χ3n) is 16.6. The molecule has 0 fully saturated rings. The molecule has 4 aliphatic rings. The van der Waals surface area contributed by atoms with E-state index in [4.69, 9.17) is 18.6 Å². The molecule has 4 heteroatoms. The molecule has 0 amide bonds. The fourth-order valence-electron chi connectivity index (χ4n) is 12.5. The Bertz CT molecular complexity index is 4110. The zero-order valence-electron chi connectivity index (χ0n) is 46.3. The Kier molecular flexibility index (Phi) is 7.73. The van der Waals surface area contributed by atoms with Crippen LogP contribution in [0.4, 0.5) is 17.1 Å². The van der Waals surface area contributed by atoms with Crippen LogP contribution in [-0.2, 0) is 16.2 Å². The van der Waals surface area contributed by atoms with E-state index in [2.05, 4.69) is 148 Å². The van der Waals surface area contributed by atoms with Gasteiger partial charge in [0, 0.05) is 87.3 Å². The Morgan fingerprint density at radius 3 is 1.72 bits per heavy atom. The van der Waals surface area contributed by atoms with Gasteiger partial charge in [-0.15, -0.1) is 0 Å². The molecule has 1 aromatic heterocycles. The van der Waals surface area contributed by atoms with Crippen molar-refractivity contribution in [2.75, 3.05) is 4.90 Å². The van der Waals surface area contributed by atoms with E-state index in [1.807, 2.05) is 72.9 Å². The molecule has 1 unspecified atom stereocenters. The third-order valence-corrected chi connectivity index (χ3v) is 16.6. The van der Waals surface area contributed by atoms with Gasteiger partial charge in [0.15, 0.2) is 0 Å². The largest absolute Gasteiger partial charge is 0.457 e. The minimum absolute atomic E-state index is 0.0959. The SMILES string of the molecule is [2H]C([2H])([2H])c1ccc2c(c1)Oc1c(ccc(C([2H])([2H])[2H])c1-c1ccc3c(c1)-c1ccccc1-c1ncccc1-c1ccccc1-3)C21c2ccccc2Oc2cc(N3c4ccccc4C(C)(C)C(C)(C)c4ccccc43)ccc21. The lowest BCUT2D eigenvalue weighted by molar-refractivity contribution is 0.307. The average Bonchev–Trinajstić information content (AvgIpc) is 3.47. The first kappa shape index (κ1) is 36.5. The highest BCUT2D eigenvalue weighted by Gasteiger charge is 2.52. The molecule has 0 bridgehead atoms. The summed E-state index contributed by atoms with van der Waals surface area (Å²) in [5.74, 6) is 1.82. The molecular weight excluding hydrogens is 877 g/mol. The van der Waals surface area contributed by atoms with Crippen LogP contribution in [0.15, 0.2) is 206 Å². The average molecular weight is 935 g/mol. The van der Waals surface area contributed by atoms with Crippen molar-refractivity contribution in [1.82, 2.24) is 4.98 Å². The number of hydrogen-bond acceptors (Lipinski definition) is 4. The highest BCUT2D eigenvalue weighted by atomic mass is 16.5. The molecule has 1 spiro atoms. The number of para-hydroxylation sites is 3. The monoisotopic (exact) mass is 934 g/mol. The lowest BCUT2D eigenvalue weighted by atomic mass is 9.61. The number of benzene rings is 9. The smallest absolute Gasteiger partial charge is 0.140 e. The van der Waals surface area contributed by atoms with Crippen molar-refractivity contribution in [3.05, 3.63) is 251 Å². The lowest BCUT2D eigenvalue weighted by Gasteiger charge is -2.45. The first-order chi connectivity index (χ1) is 37.5. The third kappa shape index (κ3) is 5.72. The number of pyridine rings is 1. The molecule has 10 aromatic rings. The zero-order valence-corrected chi connectivity index (χ0v) is 40.3. The molecule has 346 valence electrons. The van der Waals surface area contributed by atoms with Crippen LogP contribution in [0.1, 0.15) is 80.4 Å². The molecule has 3 aliphatic heterocycles. The zero-order chi connectivity index (χ0) is 53.7. The van der Waals surface area contributed by atoms with E-state index in [9.17, 15) is 4.11 Å². The molecule has 0 N–H and O–H groups in total. The van der Waals surface area contributed by atoms with Gasteiger partial charge in [0.25, 0.3) is 0 Å². The van der Waals surface area contributed by atoms with Gasteiger partial charge in [-0.1, -0.05) is 179 Å². The quantitative estimate of drug-likeness (QED) is 0.173. The molecule has 1 aliphatic carbocycles. The van der Waals surface area contributed by atoms with Crippen molar-refractivity contribution >= 4 is 17.1 Å². The van der Waals surface area contributed by atoms with E-state index in [0.717, 1.165) is 72.8 Å². The number of fused-ring (bicyclic) bond motifs is 18. The summed E-state index contributed by atoms with van der Waals surface area (Å²) in [4.78, 5) is 7.32. The second-order valence-electron chi connectivity index (χ2n) is 20.6. The topological polar surface area (TPSA) is 34.6 Å². The Morgan fingerprint density at radius 2 is 1.00 bits per heavy atom. The van der Waals surface area contributed by atoms with Gasteiger partial charge >= 0.3 is 0 Å². The Balaban J connectivity index is 1.06. The van der Waals surface area contributed by atoms with Crippen LogP contribution in [0.2, 0.25) is 0 Å². The number of hydrogen-bond donors (Lipinski definition) is 0. The van der Waals surface area contributed by atoms with Gasteiger partial charge in [0.05, 0.1) is 11.1 Å². The van der Waals surface area contributed by atoms with Gasteiger partial charge in [-0.05, 0) is 112 Å². The Labute approximate surface area is 430 Å². The van der Waals surface area contributed by atoms with Crippen molar-refractivity contribution in [3.8, 4) is 78.8 Å². The summed E-state index contributed by atoms with van der Waals surface area (Å²) in [6.45, 7) is 4.22. The summed E-state index contributed by atoms with van der Waals surface area (Å²) < 4.78 is 68.0. The standard InChI is InChI=1S/C68H52N2O2/c1-41-29-34-55-61(38-41)72-65-57(35-30-42(2)63(65)43-31-33-48-45-18-7-8-19-46(45)50-22-17-37-69-64(50)49-21-10-9-20-47(49)51(48)39-43)68(55)54-25-13-16-28-60(54)71-62-40-44(32-36-56(62)68)70-58-26-14-11-23-52(58)66(3,4)67(5,6)53-24-12-15-27-59(53)70/h7-40H,1-6H3/i1D3,2D3. The van der Waals surface area contributed by atoms with Crippen LogP contribution in [0, 0.1) is 13.7 Å². The number of ether oxygens (including phenoxy) is 2. The second-order valence-corrected chi connectivity index (χ2v) is 20.6. The Hall–Kier alpha value is -8.47. The van der Waals surface area contributed by atoms with E-state index in [-0.39, 0.29) is 22.0 Å². The predicted octanol–water partition coefficient (Wildman–Crippen LogP) is 18.0. The second kappa shape index (κ2) is 15.3. The van der Waals surface area contributed by atoms with E-state index < -0.39 is 19.1 Å². The van der Waals surface area contributed by atoms with Crippen LogP contribution in [0.5, 0.6) is 23.0 Å².